The van der Waals surface area contributed by atoms with Crippen LogP contribution in [-0.4, -0.2) is 25.4 Å². The van der Waals surface area contributed by atoms with Gasteiger partial charge in [0.15, 0.2) is 0 Å². The van der Waals surface area contributed by atoms with E-state index in [-0.39, 0.29) is 0 Å². The fraction of sp³-hybridized carbons (Fsp3) is 0.905. The molecular formula is C21H38O2. The maximum Gasteiger partial charge on any atom is 0.0755 e. The van der Waals surface area contributed by atoms with Crippen LogP contribution in [0.3, 0.4) is 0 Å². The van der Waals surface area contributed by atoms with Crippen molar-refractivity contribution in [2.24, 2.45) is 28.6 Å². The second-order valence-electron chi connectivity index (χ2n) is 8.77. The lowest BCUT2D eigenvalue weighted by molar-refractivity contribution is -0.0516. The second-order valence-corrected chi connectivity index (χ2v) is 8.77. The summed E-state index contributed by atoms with van der Waals surface area (Å²) in [5.41, 5.74) is 2.76. The Labute approximate surface area is 143 Å². The Bertz CT molecular complexity index is 426. The van der Waals surface area contributed by atoms with Gasteiger partial charge in [-0.05, 0) is 67.1 Å². The third-order valence-corrected chi connectivity index (χ3v) is 7.51. The van der Waals surface area contributed by atoms with Gasteiger partial charge in [0.05, 0.1) is 6.10 Å². The van der Waals surface area contributed by atoms with E-state index in [0.717, 1.165) is 24.9 Å². The predicted molar refractivity (Wildman–Crippen MR) is 97.4 cm³/mol. The smallest absolute Gasteiger partial charge is 0.0755 e. The summed E-state index contributed by atoms with van der Waals surface area (Å²) in [4.78, 5) is 0. The summed E-state index contributed by atoms with van der Waals surface area (Å²) in [5, 5.41) is 7.00. The number of hydrogen-bond donors (Lipinski definition) is 1. The van der Waals surface area contributed by atoms with Crippen molar-refractivity contribution in [3.05, 3.63) is 11.6 Å². The molecule has 0 amide bonds. The molecule has 23 heavy (non-hydrogen) atoms. The molecule has 3 rings (SSSR count). The number of hydrogen-bond acceptors (Lipinski definition) is 2. The molecule has 0 aromatic rings. The SMILES string of the molecule is CCC1C2CCC3=CC(OC)CCC3(C)C2CCC1(C)C.CO. The van der Waals surface area contributed by atoms with Crippen LogP contribution >= 0.6 is 0 Å². The van der Waals surface area contributed by atoms with E-state index in [1.165, 1.54) is 44.9 Å². The highest BCUT2D eigenvalue weighted by atomic mass is 16.5. The van der Waals surface area contributed by atoms with Crippen LogP contribution < -0.4 is 0 Å². The first-order chi connectivity index (χ1) is 10.9. The largest absolute Gasteiger partial charge is 0.400 e. The molecule has 2 fully saturated rings. The van der Waals surface area contributed by atoms with Crippen molar-refractivity contribution >= 4 is 0 Å². The standard InChI is InChI=1S/C20H34O.CH4O/c1-6-17-16-8-7-14-13-15(21-5)9-12-20(14,4)18(16)10-11-19(17,2)3;1-2/h13,15-18H,6-12H2,1-5H3;2H,1H3. The van der Waals surface area contributed by atoms with Crippen LogP contribution in [0.2, 0.25) is 0 Å². The molecule has 0 saturated heterocycles. The molecule has 3 aliphatic rings. The van der Waals surface area contributed by atoms with Crippen LogP contribution in [0.4, 0.5) is 0 Å². The second kappa shape index (κ2) is 7.27. The summed E-state index contributed by atoms with van der Waals surface area (Å²) in [6.45, 7) is 10.0. The van der Waals surface area contributed by atoms with Crippen molar-refractivity contribution in [3.8, 4) is 0 Å². The molecule has 0 radical (unpaired) electrons. The Balaban J connectivity index is 0.000000924. The molecule has 134 valence electrons. The van der Waals surface area contributed by atoms with Gasteiger partial charge in [0.25, 0.3) is 0 Å². The zero-order chi connectivity index (χ0) is 17.3. The van der Waals surface area contributed by atoms with Gasteiger partial charge in [-0.2, -0.15) is 0 Å². The fourth-order valence-electron chi connectivity index (χ4n) is 6.24. The summed E-state index contributed by atoms with van der Waals surface area (Å²) in [6, 6.07) is 0. The number of aliphatic hydroxyl groups excluding tert-OH is 1. The molecule has 5 atom stereocenters. The summed E-state index contributed by atoms with van der Waals surface area (Å²) in [5.74, 6) is 2.81. The molecule has 0 heterocycles. The third kappa shape index (κ3) is 3.26. The van der Waals surface area contributed by atoms with Gasteiger partial charge in [0.2, 0.25) is 0 Å². The highest BCUT2D eigenvalue weighted by Crippen LogP contribution is 2.62. The number of aliphatic hydroxyl groups is 1. The van der Waals surface area contributed by atoms with Gasteiger partial charge >= 0.3 is 0 Å². The maximum absolute atomic E-state index is 7.00. The molecule has 0 aromatic heterocycles. The van der Waals surface area contributed by atoms with Crippen LogP contribution in [-0.2, 0) is 4.74 Å². The molecule has 0 aromatic carbocycles. The minimum atomic E-state index is 0.381. The first kappa shape index (κ1) is 19.0. The highest BCUT2D eigenvalue weighted by Gasteiger charge is 2.53. The normalized spacial score (nSPS) is 41.8. The molecular weight excluding hydrogens is 284 g/mol. The minimum Gasteiger partial charge on any atom is -0.400 e. The van der Waals surface area contributed by atoms with Gasteiger partial charge in [-0.25, -0.2) is 0 Å². The molecule has 2 heteroatoms. The molecule has 5 unspecified atom stereocenters. The average molecular weight is 323 g/mol. The van der Waals surface area contributed by atoms with Gasteiger partial charge in [0.1, 0.15) is 0 Å². The van der Waals surface area contributed by atoms with Crippen LogP contribution in [0.25, 0.3) is 0 Å². The van der Waals surface area contributed by atoms with Gasteiger partial charge in [-0.3, -0.25) is 0 Å². The van der Waals surface area contributed by atoms with Crippen LogP contribution in [0.1, 0.15) is 72.6 Å². The van der Waals surface area contributed by atoms with E-state index >= 15 is 0 Å². The molecule has 2 nitrogen and oxygen atoms in total. The Morgan fingerprint density at radius 2 is 1.83 bits per heavy atom. The molecule has 1 N–H and O–H groups in total. The topological polar surface area (TPSA) is 29.5 Å². The van der Waals surface area contributed by atoms with Crippen molar-refractivity contribution in [2.45, 2.75) is 78.7 Å². The molecule has 0 spiro atoms. The first-order valence-electron chi connectivity index (χ1n) is 9.61. The van der Waals surface area contributed by atoms with Crippen LogP contribution in [0, 0.1) is 28.6 Å². The summed E-state index contributed by atoms with van der Waals surface area (Å²) in [7, 11) is 2.87. The van der Waals surface area contributed by atoms with E-state index in [2.05, 4.69) is 33.8 Å². The number of fused-ring (bicyclic) bond motifs is 3. The van der Waals surface area contributed by atoms with Gasteiger partial charge in [-0.1, -0.05) is 45.8 Å². The van der Waals surface area contributed by atoms with Gasteiger partial charge < -0.3 is 9.84 Å². The van der Waals surface area contributed by atoms with Crippen molar-refractivity contribution < 1.29 is 9.84 Å². The third-order valence-electron chi connectivity index (χ3n) is 7.51. The lowest BCUT2D eigenvalue weighted by Gasteiger charge is -2.58. The fourth-order valence-corrected chi connectivity index (χ4v) is 6.24. The lowest BCUT2D eigenvalue weighted by Crippen LogP contribution is -2.50. The summed E-state index contributed by atoms with van der Waals surface area (Å²) >= 11 is 0. The number of ether oxygens (including phenoxy) is 1. The number of rotatable bonds is 2. The predicted octanol–water partition coefficient (Wildman–Crippen LogP) is 5.21. The maximum atomic E-state index is 7.00. The van der Waals surface area contributed by atoms with Crippen molar-refractivity contribution in [1.82, 2.24) is 0 Å². The van der Waals surface area contributed by atoms with Crippen molar-refractivity contribution in [1.29, 1.82) is 0 Å². The number of allylic oxidation sites excluding steroid dienone is 1. The van der Waals surface area contributed by atoms with E-state index in [1.54, 1.807) is 5.57 Å². The van der Waals surface area contributed by atoms with Gasteiger partial charge in [-0.15, -0.1) is 0 Å². The van der Waals surface area contributed by atoms with E-state index in [9.17, 15) is 0 Å². The Morgan fingerprint density at radius 1 is 1.13 bits per heavy atom. The monoisotopic (exact) mass is 322 g/mol. The zero-order valence-corrected chi connectivity index (χ0v) is 16.2. The van der Waals surface area contributed by atoms with E-state index in [4.69, 9.17) is 9.84 Å². The molecule has 0 bridgehead atoms. The quantitative estimate of drug-likeness (QED) is 0.707. The van der Waals surface area contributed by atoms with Crippen LogP contribution in [0.15, 0.2) is 11.6 Å². The summed E-state index contributed by atoms with van der Waals surface area (Å²) < 4.78 is 5.62. The number of methoxy groups -OCH3 is 1. The highest BCUT2D eigenvalue weighted by molar-refractivity contribution is 5.25. The first-order valence-corrected chi connectivity index (χ1v) is 9.61. The molecule has 2 saturated carbocycles. The van der Waals surface area contributed by atoms with Gasteiger partial charge in [0, 0.05) is 14.2 Å². The molecule has 0 aliphatic heterocycles. The Morgan fingerprint density at radius 3 is 2.43 bits per heavy atom. The van der Waals surface area contributed by atoms with Crippen molar-refractivity contribution in [2.75, 3.05) is 14.2 Å². The Kier molecular flexibility index (Phi) is 6.00. The van der Waals surface area contributed by atoms with E-state index < -0.39 is 0 Å². The average Bonchev–Trinajstić information content (AvgIpc) is 2.55. The molecule has 3 aliphatic carbocycles. The lowest BCUT2D eigenvalue weighted by atomic mass is 9.47. The zero-order valence-electron chi connectivity index (χ0n) is 16.2. The summed E-state index contributed by atoms with van der Waals surface area (Å²) in [6.07, 6.45) is 12.4. The Hall–Kier alpha value is -0.340. The van der Waals surface area contributed by atoms with E-state index in [0.29, 0.717) is 16.9 Å². The van der Waals surface area contributed by atoms with E-state index in [1.807, 2.05) is 7.11 Å². The van der Waals surface area contributed by atoms with Crippen LogP contribution in [0.5, 0.6) is 0 Å². The minimum absolute atomic E-state index is 0.381. The van der Waals surface area contributed by atoms with Crippen molar-refractivity contribution in [3.63, 3.8) is 0 Å².